The summed E-state index contributed by atoms with van der Waals surface area (Å²) in [7, 11) is 1.46. The molecule has 8 nitrogen and oxygen atoms in total. The molecule has 2 aliphatic carbocycles. The van der Waals surface area contributed by atoms with Crippen LogP contribution in [-0.4, -0.2) is 40.7 Å². The van der Waals surface area contributed by atoms with Crippen molar-refractivity contribution in [1.29, 1.82) is 0 Å². The van der Waals surface area contributed by atoms with Gasteiger partial charge in [0.25, 0.3) is 0 Å². The number of methoxy groups -OCH3 is 1. The lowest BCUT2D eigenvalue weighted by Crippen LogP contribution is -2.53. The molecular weight excluding hydrogens is 648 g/mol. The van der Waals surface area contributed by atoms with Gasteiger partial charge in [0.1, 0.15) is 0 Å². The molecule has 0 unspecified atom stereocenters. The van der Waals surface area contributed by atoms with Crippen molar-refractivity contribution in [3.05, 3.63) is 123 Å². The van der Waals surface area contributed by atoms with Crippen molar-refractivity contribution >= 4 is 52.3 Å². The number of thiophene rings is 1. The number of allylic oxidation sites excluding steroid dienone is 2. The van der Waals surface area contributed by atoms with Gasteiger partial charge in [0, 0.05) is 15.8 Å². The Morgan fingerprint density at radius 2 is 1.73 bits per heavy atom. The highest BCUT2D eigenvalue weighted by Crippen LogP contribution is 2.64. The summed E-state index contributed by atoms with van der Waals surface area (Å²) in [6, 6.07) is 24.8. The van der Waals surface area contributed by atoms with Crippen molar-refractivity contribution in [2.24, 2.45) is 23.7 Å². The van der Waals surface area contributed by atoms with Gasteiger partial charge in [-0.25, -0.2) is 4.90 Å². The van der Waals surface area contributed by atoms with Gasteiger partial charge in [0.2, 0.25) is 23.6 Å². The van der Waals surface area contributed by atoms with Crippen LogP contribution in [0.1, 0.15) is 34.8 Å². The van der Waals surface area contributed by atoms with Crippen molar-refractivity contribution in [2.75, 3.05) is 12.0 Å². The lowest BCUT2D eigenvalue weighted by atomic mass is 9.49. The number of hydrogen-bond acceptors (Lipinski definition) is 7. The number of benzene rings is 3. The number of phenols is 1. The minimum absolute atomic E-state index is 0.108. The minimum Gasteiger partial charge on any atom is -0.504 e. The van der Waals surface area contributed by atoms with E-state index < -0.39 is 40.9 Å². The molecule has 2 saturated heterocycles. The average molecular weight is 679 g/mol. The van der Waals surface area contributed by atoms with Crippen LogP contribution in [0.2, 0.25) is 5.02 Å². The van der Waals surface area contributed by atoms with Crippen LogP contribution in [0, 0.1) is 23.7 Å². The summed E-state index contributed by atoms with van der Waals surface area (Å²) >= 11 is 7.87. The van der Waals surface area contributed by atoms with E-state index >= 15 is 4.79 Å². The lowest BCUT2D eigenvalue weighted by Gasteiger charge is -2.50. The summed E-state index contributed by atoms with van der Waals surface area (Å²) in [5.74, 6) is -4.42. The largest absolute Gasteiger partial charge is 0.504 e. The van der Waals surface area contributed by atoms with E-state index in [0.29, 0.717) is 28.3 Å². The van der Waals surface area contributed by atoms with Crippen LogP contribution < -0.4 is 9.64 Å². The predicted molar refractivity (Wildman–Crippen MR) is 181 cm³/mol. The molecule has 4 aromatic rings. The van der Waals surface area contributed by atoms with Crippen molar-refractivity contribution in [3.63, 3.8) is 0 Å². The van der Waals surface area contributed by atoms with Crippen LogP contribution in [0.3, 0.4) is 0 Å². The molecule has 1 saturated carbocycles. The first-order valence-electron chi connectivity index (χ1n) is 15.9. The van der Waals surface area contributed by atoms with Crippen LogP contribution in [0.15, 0.2) is 102 Å². The molecule has 1 aromatic heterocycles. The molecule has 3 heterocycles. The molecule has 6 atom stereocenters. The van der Waals surface area contributed by atoms with E-state index in [1.807, 2.05) is 60.0 Å². The zero-order chi connectivity index (χ0) is 33.3. The molecule has 0 radical (unpaired) electrons. The second-order valence-corrected chi connectivity index (χ2v) is 14.3. The Morgan fingerprint density at radius 1 is 0.917 bits per heavy atom. The number of fused-ring (bicyclic) bond motifs is 4. The Hall–Kier alpha value is -4.73. The molecule has 2 aliphatic heterocycles. The number of phenolic OH excluding ortho intramolecular Hbond substituents is 1. The van der Waals surface area contributed by atoms with Crippen LogP contribution in [0.25, 0.3) is 0 Å². The highest BCUT2D eigenvalue weighted by Gasteiger charge is 2.70. The van der Waals surface area contributed by atoms with E-state index in [1.165, 1.54) is 28.2 Å². The molecule has 0 bridgehead atoms. The Bertz CT molecular complexity index is 2010. The Kier molecular flexibility index (Phi) is 7.30. The molecule has 1 N–H and O–H groups in total. The first kappa shape index (κ1) is 30.6. The maximum absolute atomic E-state index is 15.2. The minimum atomic E-state index is -1.42. The third-order valence-corrected chi connectivity index (χ3v) is 11.8. The molecule has 48 heavy (non-hydrogen) atoms. The third kappa shape index (κ3) is 4.33. The zero-order valence-electron chi connectivity index (χ0n) is 25.9. The fourth-order valence-electron chi connectivity index (χ4n) is 8.78. The van der Waals surface area contributed by atoms with E-state index in [4.69, 9.17) is 16.3 Å². The highest BCUT2D eigenvalue weighted by molar-refractivity contribution is 7.09. The molecule has 8 rings (SSSR count). The number of amides is 4. The number of ether oxygens (including phenoxy) is 1. The SMILES string of the molecule is COc1ccc([C@H]2C3=CC[C@@H]4C(=O)N(Cc5cccs5)C(=O)[C@@H]4[C@@H]3C[C@H]3C(=O)N(c4cccc(Cl)c4)C(=O)[C@@]23c2ccccc2)cc1O. The van der Waals surface area contributed by atoms with Gasteiger partial charge in [-0.1, -0.05) is 71.8 Å². The summed E-state index contributed by atoms with van der Waals surface area (Å²) in [4.78, 5) is 61.6. The quantitative estimate of drug-likeness (QED) is 0.185. The van der Waals surface area contributed by atoms with Gasteiger partial charge in [0.05, 0.1) is 42.5 Å². The van der Waals surface area contributed by atoms with E-state index in [2.05, 4.69) is 0 Å². The normalized spacial score (nSPS) is 27.9. The number of aromatic hydroxyl groups is 1. The van der Waals surface area contributed by atoms with Crippen molar-refractivity contribution < 1.29 is 29.0 Å². The molecule has 10 heteroatoms. The molecule has 0 spiro atoms. The summed E-state index contributed by atoms with van der Waals surface area (Å²) in [6.07, 6.45) is 2.54. The molecule has 3 aromatic carbocycles. The van der Waals surface area contributed by atoms with Crippen LogP contribution >= 0.6 is 22.9 Å². The number of carbonyl (C=O) groups is 4. The smallest absolute Gasteiger partial charge is 0.246 e. The third-order valence-electron chi connectivity index (χ3n) is 10.7. The van der Waals surface area contributed by atoms with Crippen LogP contribution in [0.5, 0.6) is 11.5 Å². The van der Waals surface area contributed by atoms with Crippen molar-refractivity contribution in [1.82, 2.24) is 4.90 Å². The van der Waals surface area contributed by atoms with Gasteiger partial charge in [0.15, 0.2) is 11.5 Å². The summed E-state index contributed by atoms with van der Waals surface area (Å²) in [5.41, 5.74) is 1.04. The second kappa shape index (κ2) is 11.5. The van der Waals surface area contributed by atoms with E-state index in [9.17, 15) is 19.5 Å². The Balaban J connectivity index is 1.34. The van der Waals surface area contributed by atoms with Gasteiger partial charge >= 0.3 is 0 Å². The van der Waals surface area contributed by atoms with Gasteiger partial charge in [-0.05, 0) is 71.7 Å². The van der Waals surface area contributed by atoms with E-state index in [1.54, 1.807) is 36.4 Å². The summed E-state index contributed by atoms with van der Waals surface area (Å²) in [5, 5.41) is 13.3. The topological polar surface area (TPSA) is 104 Å². The summed E-state index contributed by atoms with van der Waals surface area (Å²) < 4.78 is 5.36. The van der Waals surface area contributed by atoms with Crippen LogP contribution in [-0.2, 0) is 31.1 Å². The fraction of sp³-hybridized carbons (Fsp3) is 0.263. The number of imide groups is 2. The van der Waals surface area contributed by atoms with Crippen molar-refractivity contribution in [3.8, 4) is 11.5 Å². The standard InChI is InChI=1S/C38H31ClN2O6S/c1-47-31-15-12-21(17-30(31)42)33-26-13-14-27-32(36(45)40(34(27)43)20-25-11-6-16-48-25)28(26)19-29-35(44)41(24-10-5-9-23(39)18-24)37(46)38(29,33)22-7-3-2-4-8-22/h2-13,15-18,27-29,32-33,42H,14,19-20H2,1H3/t27-,28+,29-,32-,33-,38+/m0/s1. The molecular formula is C38H31ClN2O6S. The zero-order valence-corrected chi connectivity index (χ0v) is 27.5. The number of carbonyl (C=O) groups excluding carboxylic acids is 4. The Labute approximate surface area is 286 Å². The van der Waals surface area contributed by atoms with E-state index in [-0.39, 0.29) is 42.2 Å². The first-order valence-corrected chi connectivity index (χ1v) is 17.1. The van der Waals surface area contributed by atoms with Gasteiger partial charge in [-0.2, -0.15) is 0 Å². The molecule has 242 valence electrons. The number of halogens is 1. The van der Waals surface area contributed by atoms with Crippen molar-refractivity contribution in [2.45, 2.75) is 30.7 Å². The monoisotopic (exact) mass is 678 g/mol. The number of nitrogens with zero attached hydrogens (tertiary/aromatic N) is 2. The number of likely N-dealkylation sites (tertiary alicyclic amines) is 1. The van der Waals surface area contributed by atoms with Gasteiger partial charge in [-0.3, -0.25) is 24.1 Å². The molecule has 3 fully saturated rings. The maximum atomic E-state index is 15.2. The number of hydrogen-bond donors (Lipinski definition) is 1. The average Bonchev–Trinajstić information content (AvgIpc) is 3.76. The molecule has 4 aliphatic rings. The van der Waals surface area contributed by atoms with Crippen LogP contribution in [0.4, 0.5) is 5.69 Å². The second-order valence-electron chi connectivity index (χ2n) is 12.9. The fourth-order valence-corrected chi connectivity index (χ4v) is 9.66. The maximum Gasteiger partial charge on any atom is 0.246 e. The van der Waals surface area contributed by atoms with E-state index in [0.717, 1.165) is 10.5 Å². The van der Waals surface area contributed by atoms with Gasteiger partial charge in [-0.15, -0.1) is 11.3 Å². The molecule has 4 amide bonds. The predicted octanol–water partition coefficient (Wildman–Crippen LogP) is 6.48. The Morgan fingerprint density at radius 3 is 2.44 bits per heavy atom. The van der Waals surface area contributed by atoms with Gasteiger partial charge < -0.3 is 9.84 Å². The lowest BCUT2D eigenvalue weighted by molar-refractivity contribution is -0.141. The number of anilines is 1. The first-order chi connectivity index (χ1) is 23.2. The summed E-state index contributed by atoms with van der Waals surface area (Å²) in [6.45, 7) is 0.206. The highest BCUT2D eigenvalue weighted by atomic mass is 35.5. The number of rotatable bonds is 6.